The largest absolute Gasteiger partial charge is 0.310 e. The van der Waals surface area contributed by atoms with Crippen molar-refractivity contribution in [2.75, 3.05) is 7.05 Å². The Bertz CT molecular complexity index is 216. The predicted molar refractivity (Wildman–Crippen MR) is 54.9 cm³/mol. The van der Waals surface area contributed by atoms with E-state index in [1.807, 2.05) is 12.2 Å². The Morgan fingerprint density at radius 2 is 1.83 bits per heavy atom. The standard InChI is InChI=1S/C10H14N2/c1-5-8-9-10(11-4)12(6-2)7-3/h5-9H,1-3H2,4H3/b9-8-,11-10?. The second-order valence-electron chi connectivity index (χ2n) is 1.95. The van der Waals surface area contributed by atoms with Crippen molar-refractivity contribution in [1.82, 2.24) is 4.90 Å². The van der Waals surface area contributed by atoms with Crippen molar-refractivity contribution in [2.24, 2.45) is 4.99 Å². The number of aliphatic imine (C=N–C) groups is 1. The molecule has 0 aliphatic carbocycles. The molecule has 0 unspecified atom stereocenters. The highest BCUT2D eigenvalue weighted by Gasteiger charge is 1.96. The Labute approximate surface area is 73.9 Å². The van der Waals surface area contributed by atoms with Crippen molar-refractivity contribution >= 4 is 5.84 Å². The number of nitrogens with zero attached hydrogens (tertiary/aromatic N) is 2. The molecule has 0 aliphatic rings. The minimum atomic E-state index is 0.778. The van der Waals surface area contributed by atoms with Crippen LogP contribution in [-0.2, 0) is 0 Å². The van der Waals surface area contributed by atoms with E-state index in [1.165, 1.54) is 0 Å². The number of amidine groups is 1. The number of rotatable bonds is 4. The van der Waals surface area contributed by atoms with Gasteiger partial charge < -0.3 is 4.90 Å². The molecule has 0 heterocycles. The fourth-order valence-corrected chi connectivity index (χ4v) is 0.692. The highest BCUT2D eigenvalue weighted by atomic mass is 15.1. The Hall–Kier alpha value is -1.57. The lowest BCUT2D eigenvalue weighted by Gasteiger charge is -2.12. The second-order valence-corrected chi connectivity index (χ2v) is 1.95. The molecule has 0 bridgehead atoms. The van der Waals surface area contributed by atoms with Crippen molar-refractivity contribution < 1.29 is 0 Å². The summed E-state index contributed by atoms with van der Waals surface area (Å²) in [6.07, 6.45) is 8.61. The summed E-state index contributed by atoms with van der Waals surface area (Å²) in [6.45, 7) is 10.8. The molecule has 0 N–H and O–H groups in total. The van der Waals surface area contributed by atoms with Gasteiger partial charge in [-0.25, -0.2) is 0 Å². The molecule has 2 nitrogen and oxygen atoms in total. The average Bonchev–Trinajstić information content (AvgIpc) is 2.12. The lowest BCUT2D eigenvalue weighted by atomic mass is 10.4. The monoisotopic (exact) mass is 162 g/mol. The van der Waals surface area contributed by atoms with E-state index < -0.39 is 0 Å². The van der Waals surface area contributed by atoms with E-state index >= 15 is 0 Å². The Balaban J connectivity index is 4.53. The number of hydrogen-bond acceptors (Lipinski definition) is 1. The third-order valence-electron chi connectivity index (χ3n) is 1.27. The molecule has 0 aromatic carbocycles. The maximum Gasteiger partial charge on any atom is 0.131 e. The fourth-order valence-electron chi connectivity index (χ4n) is 0.692. The van der Waals surface area contributed by atoms with E-state index in [2.05, 4.69) is 24.7 Å². The van der Waals surface area contributed by atoms with Gasteiger partial charge in [0.1, 0.15) is 5.84 Å². The summed E-state index contributed by atoms with van der Waals surface area (Å²) in [6, 6.07) is 0. The summed E-state index contributed by atoms with van der Waals surface area (Å²) >= 11 is 0. The van der Waals surface area contributed by atoms with E-state index in [0.29, 0.717) is 0 Å². The van der Waals surface area contributed by atoms with Gasteiger partial charge in [-0.2, -0.15) is 0 Å². The van der Waals surface area contributed by atoms with E-state index in [1.54, 1.807) is 30.4 Å². The lowest BCUT2D eigenvalue weighted by Crippen LogP contribution is -2.16. The van der Waals surface area contributed by atoms with Crippen molar-refractivity contribution in [3.8, 4) is 0 Å². The van der Waals surface area contributed by atoms with Gasteiger partial charge in [0.15, 0.2) is 0 Å². The topological polar surface area (TPSA) is 15.6 Å². The maximum atomic E-state index is 4.03. The first-order valence-electron chi connectivity index (χ1n) is 3.59. The average molecular weight is 162 g/mol. The lowest BCUT2D eigenvalue weighted by molar-refractivity contribution is 0.767. The molecular weight excluding hydrogens is 148 g/mol. The minimum absolute atomic E-state index is 0.778. The molecule has 64 valence electrons. The summed E-state index contributed by atoms with van der Waals surface area (Å²) < 4.78 is 0. The number of hydrogen-bond donors (Lipinski definition) is 0. The van der Waals surface area contributed by atoms with Gasteiger partial charge in [0.2, 0.25) is 0 Å². The van der Waals surface area contributed by atoms with Crippen LogP contribution in [0.4, 0.5) is 0 Å². The molecule has 0 radical (unpaired) electrons. The van der Waals surface area contributed by atoms with Gasteiger partial charge in [-0.15, -0.1) is 0 Å². The van der Waals surface area contributed by atoms with Crippen LogP contribution in [0.25, 0.3) is 0 Å². The van der Waals surface area contributed by atoms with Crippen LogP contribution >= 0.6 is 0 Å². The fraction of sp³-hybridized carbons (Fsp3) is 0.100. The van der Waals surface area contributed by atoms with Crippen molar-refractivity contribution in [3.63, 3.8) is 0 Å². The van der Waals surface area contributed by atoms with Gasteiger partial charge in [-0.1, -0.05) is 31.9 Å². The molecule has 0 rings (SSSR count). The van der Waals surface area contributed by atoms with Crippen LogP contribution in [0, 0.1) is 0 Å². The molecule has 0 spiro atoms. The Kier molecular flexibility index (Phi) is 5.35. The maximum absolute atomic E-state index is 4.03. The van der Waals surface area contributed by atoms with Crippen LogP contribution in [0.15, 0.2) is 55.4 Å². The van der Waals surface area contributed by atoms with Gasteiger partial charge in [-0.05, 0) is 6.08 Å². The summed E-state index contributed by atoms with van der Waals surface area (Å²) in [5, 5.41) is 0. The van der Waals surface area contributed by atoms with E-state index in [0.717, 1.165) is 5.84 Å². The molecule has 0 aromatic heterocycles. The molecule has 0 aliphatic heterocycles. The second kappa shape index (κ2) is 6.16. The number of allylic oxidation sites excluding steroid dienone is 2. The summed E-state index contributed by atoms with van der Waals surface area (Å²) in [4.78, 5) is 5.76. The van der Waals surface area contributed by atoms with Crippen LogP contribution in [0.3, 0.4) is 0 Å². The molecule has 12 heavy (non-hydrogen) atoms. The highest BCUT2D eigenvalue weighted by Crippen LogP contribution is 1.94. The molecule has 2 heteroatoms. The van der Waals surface area contributed by atoms with Crippen molar-refractivity contribution in [2.45, 2.75) is 0 Å². The zero-order valence-corrected chi connectivity index (χ0v) is 7.40. The third-order valence-corrected chi connectivity index (χ3v) is 1.27. The van der Waals surface area contributed by atoms with Crippen LogP contribution < -0.4 is 0 Å². The molecule has 0 aromatic rings. The minimum Gasteiger partial charge on any atom is -0.310 e. The first kappa shape index (κ1) is 10.4. The molecule has 0 atom stereocenters. The molecule has 0 saturated carbocycles. The van der Waals surface area contributed by atoms with Crippen LogP contribution in [0.5, 0.6) is 0 Å². The normalized spacial score (nSPS) is 11.2. The predicted octanol–water partition coefficient (Wildman–Crippen LogP) is 2.35. The van der Waals surface area contributed by atoms with Gasteiger partial charge >= 0.3 is 0 Å². The highest BCUT2D eigenvalue weighted by molar-refractivity contribution is 5.94. The van der Waals surface area contributed by atoms with E-state index in [-0.39, 0.29) is 0 Å². The SMILES string of the molecule is C=C/C=C\C(=NC)N(C=C)C=C. The smallest absolute Gasteiger partial charge is 0.131 e. The van der Waals surface area contributed by atoms with Crippen molar-refractivity contribution in [1.29, 1.82) is 0 Å². The van der Waals surface area contributed by atoms with Gasteiger partial charge in [-0.3, -0.25) is 4.99 Å². The summed E-state index contributed by atoms with van der Waals surface area (Å²) in [5.74, 6) is 0.778. The Morgan fingerprint density at radius 3 is 2.17 bits per heavy atom. The van der Waals surface area contributed by atoms with Crippen molar-refractivity contribution in [3.05, 3.63) is 50.4 Å². The summed E-state index contributed by atoms with van der Waals surface area (Å²) in [7, 11) is 1.71. The molecule has 0 fully saturated rings. The van der Waals surface area contributed by atoms with Crippen LogP contribution in [0.1, 0.15) is 0 Å². The zero-order valence-electron chi connectivity index (χ0n) is 7.40. The van der Waals surface area contributed by atoms with Crippen LogP contribution in [-0.4, -0.2) is 17.8 Å². The molecule has 0 saturated heterocycles. The first-order valence-corrected chi connectivity index (χ1v) is 3.59. The van der Waals surface area contributed by atoms with Gasteiger partial charge in [0.05, 0.1) is 0 Å². The zero-order chi connectivity index (χ0) is 9.40. The Morgan fingerprint density at radius 1 is 1.25 bits per heavy atom. The first-order chi connectivity index (χ1) is 5.79. The van der Waals surface area contributed by atoms with Crippen LogP contribution in [0.2, 0.25) is 0 Å². The van der Waals surface area contributed by atoms with Gasteiger partial charge in [0, 0.05) is 19.4 Å². The van der Waals surface area contributed by atoms with Gasteiger partial charge in [0.25, 0.3) is 0 Å². The molecular formula is C10H14N2. The summed E-state index contributed by atoms with van der Waals surface area (Å²) in [5.41, 5.74) is 0. The molecule has 0 amide bonds. The van der Waals surface area contributed by atoms with E-state index in [9.17, 15) is 0 Å². The quantitative estimate of drug-likeness (QED) is 0.352. The third kappa shape index (κ3) is 3.01. The van der Waals surface area contributed by atoms with E-state index in [4.69, 9.17) is 0 Å².